The highest BCUT2D eigenvalue weighted by Gasteiger charge is 2.18. The first-order valence-corrected chi connectivity index (χ1v) is 11.1. The zero-order chi connectivity index (χ0) is 21.5. The molecule has 4 nitrogen and oxygen atoms in total. The maximum absolute atomic E-state index is 11.3. The van der Waals surface area contributed by atoms with Crippen LogP contribution in [0.1, 0.15) is 99.3 Å². The number of rotatable bonds is 16. The molecule has 0 aromatic carbocycles. The summed E-state index contributed by atoms with van der Waals surface area (Å²) in [7, 11) is 0. The van der Waals surface area contributed by atoms with Gasteiger partial charge in [-0.1, -0.05) is 79.2 Å². The molecule has 0 aliphatic heterocycles. The second-order valence-corrected chi connectivity index (χ2v) is 8.92. The van der Waals surface area contributed by atoms with E-state index in [0.29, 0.717) is 5.92 Å². The molecule has 4 heteroatoms. The third kappa shape index (κ3) is 15.7. The molecule has 0 fully saturated rings. The van der Waals surface area contributed by atoms with Crippen molar-refractivity contribution in [2.45, 2.75) is 105 Å². The predicted molar refractivity (Wildman–Crippen MR) is 116 cm³/mol. The summed E-state index contributed by atoms with van der Waals surface area (Å²) in [6.07, 6.45) is 10.3. The Kier molecular flexibility index (Phi) is 14.9. The van der Waals surface area contributed by atoms with E-state index in [4.69, 9.17) is 9.47 Å². The number of carbonyl (C=O) groups is 2. The van der Waals surface area contributed by atoms with Crippen LogP contribution in [0.15, 0.2) is 12.2 Å². The molecule has 0 aromatic heterocycles. The molecular formula is C24H44O4. The third-order valence-corrected chi connectivity index (χ3v) is 5.27. The van der Waals surface area contributed by atoms with Gasteiger partial charge in [0, 0.05) is 13.8 Å². The summed E-state index contributed by atoms with van der Waals surface area (Å²) in [5, 5.41) is 0. The minimum absolute atomic E-state index is 0.0536. The van der Waals surface area contributed by atoms with Crippen molar-refractivity contribution in [3.05, 3.63) is 12.2 Å². The van der Waals surface area contributed by atoms with E-state index in [0.717, 1.165) is 36.7 Å². The van der Waals surface area contributed by atoms with Crippen LogP contribution in [0.2, 0.25) is 0 Å². The lowest BCUT2D eigenvalue weighted by atomic mass is 9.91. The summed E-state index contributed by atoms with van der Waals surface area (Å²) < 4.78 is 10.2. The topological polar surface area (TPSA) is 52.6 Å². The van der Waals surface area contributed by atoms with Crippen molar-refractivity contribution in [3.8, 4) is 0 Å². The molecule has 164 valence electrons. The van der Waals surface area contributed by atoms with Crippen molar-refractivity contribution in [2.75, 3.05) is 6.61 Å². The van der Waals surface area contributed by atoms with Crippen molar-refractivity contribution in [3.63, 3.8) is 0 Å². The van der Waals surface area contributed by atoms with Crippen molar-refractivity contribution >= 4 is 11.9 Å². The van der Waals surface area contributed by atoms with E-state index in [1.54, 1.807) is 0 Å². The molecule has 0 heterocycles. The smallest absolute Gasteiger partial charge is 0.303 e. The Balaban J connectivity index is 4.00. The lowest BCUT2D eigenvalue weighted by Gasteiger charge is -2.20. The first-order valence-electron chi connectivity index (χ1n) is 11.1. The summed E-state index contributed by atoms with van der Waals surface area (Å²) in [5.41, 5.74) is 0.822. The number of esters is 2. The lowest BCUT2D eigenvalue weighted by Crippen LogP contribution is -2.25. The first-order chi connectivity index (χ1) is 13.1. The highest BCUT2D eigenvalue weighted by atomic mass is 16.6. The highest BCUT2D eigenvalue weighted by Crippen LogP contribution is 2.22. The predicted octanol–water partition coefficient (Wildman–Crippen LogP) is 6.48. The molecule has 3 atom stereocenters. The zero-order valence-electron chi connectivity index (χ0n) is 19.2. The van der Waals surface area contributed by atoms with Crippen molar-refractivity contribution < 1.29 is 19.1 Å². The second kappa shape index (κ2) is 15.6. The van der Waals surface area contributed by atoms with Gasteiger partial charge in [-0.15, -0.1) is 0 Å². The van der Waals surface area contributed by atoms with Gasteiger partial charge in [-0.2, -0.15) is 0 Å². The molecule has 0 amide bonds. The fraction of sp³-hybridized carbons (Fsp3) is 0.833. The fourth-order valence-corrected chi connectivity index (χ4v) is 3.45. The number of hydrogen-bond acceptors (Lipinski definition) is 4. The molecule has 0 aliphatic carbocycles. The highest BCUT2D eigenvalue weighted by molar-refractivity contribution is 5.67. The Hall–Kier alpha value is -1.32. The molecule has 0 radical (unpaired) electrons. The zero-order valence-corrected chi connectivity index (χ0v) is 19.2. The van der Waals surface area contributed by atoms with Gasteiger partial charge in [-0.25, -0.2) is 0 Å². The van der Waals surface area contributed by atoms with E-state index in [9.17, 15) is 9.59 Å². The van der Waals surface area contributed by atoms with Gasteiger partial charge in [0.05, 0.1) is 0 Å². The van der Waals surface area contributed by atoms with Crippen molar-refractivity contribution in [1.29, 1.82) is 0 Å². The van der Waals surface area contributed by atoms with E-state index in [1.807, 2.05) is 0 Å². The standard InChI is InChI=1S/C24H44O4/c1-18(2)11-8-12-19(3)13-9-14-20(4)15-10-16-21(5)24(28-23(7)26)17-27-22(6)25/h18-20,24H,5,8-17H2,1-4,6-7H3. The van der Waals surface area contributed by atoms with Crippen LogP contribution >= 0.6 is 0 Å². The minimum atomic E-state index is -0.539. The number of ether oxygens (including phenoxy) is 2. The van der Waals surface area contributed by atoms with Gasteiger partial charge in [0.2, 0.25) is 0 Å². The fourth-order valence-electron chi connectivity index (χ4n) is 3.45. The number of hydrogen-bond donors (Lipinski definition) is 0. The van der Waals surface area contributed by atoms with Gasteiger partial charge >= 0.3 is 11.9 Å². The summed E-state index contributed by atoms with van der Waals surface area (Å²) in [6, 6.07) is 0. The van der Waals surface area contributed by atoms with Crippen molar-refractivity contribution in [2.24, 2.45) is 17.8 Å². The molecule has 0 N–H and O–H groups in total. The quantitative estimate of drug-likeness (QED) is 0.221. The van der Waals surface area contributed by atoms with E-state index < -0.39 is 6.10 Å². The molecule has 0 rings (SSSR count). The molecule has 0 saturated heterocycles. The van der Waals surface area contributed by atoms with Crippen molar-refractivity contribution in [1.82, 2.24) is 0 Å². The van der Waals surface area contributed by atoms with Crippen LogP contribution in [0.25, 0.3) is 0 Å². The molecule has 0 spiro atoms. The van der Waals surface area contributed by atoms with Crippen LogP contribution in [0, 0.1) is 17.8 Å². The molecule has 0 saturated carbocycles. The Labute approximate surface area is 173 Å². The van der Waals surface area contributed by atoms with Gasteiger partial charge in [0.1, 0.15) is 6.61 Å². The Morgan fingerprint density at radius 1 is 0.786 bits per heavy atom. The molecule has 28 heavy (non-hydrogen) atoms. The van der Waals surface area contributed by atoms with Crippen LogP contribution in [-0.4, -0.2) is 24.6 Å². The average Bonchev–Trinajstić information content (AvgIpc) is 2.57. The summed E-state index contributed by atoms with van der Waals surface area (Å²) >= 11 is 0. The Morgan fingerprint density at radius 3 is 1.75 bits per heavy atom. The third-order valence-electron chi connectivity index (χ3n) is 5.27. The van der Waals surface area contributed by atoms with Crippen LogP contribution in [0.4, 0.5) is 0 Å². The molecule has 0 aliphatic rings. The van der Waals surface area contributed by atoms with E-state index in [-0.39, 0.29) is 18.5 Å². The maximum Gasteiger partial charge on any atom is 0.303 e. The summed E-state index contributed by atoms with van der Waals surface area (Å²) in [4.78, 5) is 22.3. The maximum atomic E-state index is 11.3. The van der Waals surface area contributed by atoms with Gasteiger partial charge in [0.15, 0.2) is 6.10 Å². The van der Waals surface area contributed by atoms with Crippen LogP contribution in [-0.2, 0) is 19.1 Å². The van der Waals surface area contributed by atoms with Crippen LogP contribution in [0.5, 0.6) is 0 Å². The van der Waals surface area contributed by atoms with E-state index in [2.05, 4.69) is 34.3 Å². The van der Waals surface area contributed by atoms with Gasteiger partial charge in [-0.05, 0) is 36.2 Å². The second-order valence-electron chi connectivity index (χ2n) is 8.92. The van der Waals surface area contributed by atoms with Crippen LogP contribution in [0.3, 0.4) is 0 Å². The Morgan fingerprint density at radius 2 is 1.29 bits per heavy atom. The van der Waals surface area contributed by atoms with E-state index in [1.165, 1.54) is 52.4 Å². The summed E-state index contributed by atoms with van der Waals surface area (Å²) in [5.74, 6) is 1.58. The van der Waals surface area contributed by atoms with Crippen LogP contribution < -0.4 is 0 Å². The molecule has 0 bridgehead atoms. The Bertz CT molecular complexity index is 456. The summed E-state index contributed by atoms with van der Waals surface area (Å²) in [6.45, 7) is 16.1. The monoisotopic (exact) mass is 396 g/mol. The van der Waals surface area contributed by atoms with E-state index >= 15 is 0 Å². The molecule has 0 aromatic rings. The largest absolute Gasteiger partial charge is 0.462 e. The normalized spacial score (nSPS) is 14.4. The van der Waals surface area contributed by atoms with Gasteiger partial charge < -0.3 is 9.47 Å². The SMILES string of the molecule is C=C(CCCC(C)CCCC(C)CCCC(C)C)C(COC(C)=O)OC(C)=O. The molecular weight excluding hydrogens is 352 g/mol. The van der Waals surface area contributed by atoms with Gasteiger partial charge in [-0.3, -0.25) is 9.59 Å². The van der Waals surface area contributed by atoms with Gasteiger partial charge in [0.25, 0.3) is 0 Å². The number of carbonyl (C=O) groups excluding carboxylic acids is 2. The lowest BCUT2D eigenvalue weighted by molar-refractivity contribution is -0.154. The average molecular weight is 397 g/mol. The molecule has 3 unspecified atom stereocenters. The minimum Gasteiger partial charge on any atom is -0.462 e. The first kappa shape index (κ1) is 26.7.